The minimum absolute atomic E-state index is 0.0196. The van der Waals surface area contributed by atoms with E-state index >= 15 is 0 Å². The van der Waals surface area contributed by atoms with Crippen molar-refractivity contribution < 1.29 is 9.59 Å². The molecule has 0 aromatic heterocycles. The molecule has 1 rings (SSSR count). The van der Waals surface area contributed by atoms with Crippen molar-refractivity contribution in [1.82, 2.24) is 4.90 Å². The van der Waals surface area contributed by atoms with E-state index < -0.39 is 0 Å². The number of carbonyl (C=O) groups excluding carboxylic acids is 2. The van der Waals surface area contributed by atoms with Gasteiger partial charge in [0.1, 0.15) is 0 Å². The Morgan fingerprint density at radius 1 is 1.10 bits per heavy atom. The Morgan fingerprint density at radius 2 is 1.72 bits per heavy atom. The number of amides is 2. The maximum absolute atomic E-state index is 13.1. The molecule has 0 spiro atoms. The van der Waals surface area contributed by atoms with Crippen LogP contribution in [0, 0.1) is 11.3 Å². The lowest BCUT2D eigenvalue weighted by Gasteiger charge is -2.33. The molecule has 0 radical (unpaired) electrons. The Morgan fingerprint density at radius 3 is 2.21 bits per heavy atom. The summed E-state index contributed by atoms with van der Waals surface area (Å²) < 4.78 is 0. The number of hydrogen-bond acceptors (Lipinski definition) is 3. The van der Waals surface area contributed by atoms with E-state index in [-0.39, 0.29) is 23.3 Å². The lowest BCUT2D eigenvalue weighted by atomic mass is 9.91. The molecule has 0 aliphatic rings. The van der Waals surface area contributed by atoms with Crippen LogP contribution in [0.1, 0.15) is 73.3 Å². The van der Waals surface area contributed by atoms with E-state index in [0.29, 0.717) is 25.3 Å². The highest BCUT2D eigenvalue weighted by molar-refractivity contribution is 5.91. The summed E-state index contributed by atoms with van der Waals surface area (Å²) in [5.41, 5.74) is 2.83. The van der Waals surface area contributed by atoms with Crippen molar-refractivity contribution in [2.45, 2.75) is 80.3 Å². The molecular formula is C24H41N3O2. The van der Waals surface area contributed by atoms with Crippen LogP contribution in [0.4, 0.5) is 11.4 Å². The molecule has 164 valence electrons. The van der Waals surface area contributed by atoms with Crippen molar-refractivity contribution >= 4 is 23.2 Å². The molecule has 0 fully saturated rings. The first-order valence-electron chi connectivity index (χ1n) is 10.7. The van der Waals surface area contributed by atoms with E-state index in [1.54, 1.807) is 0 Å². The predicted molar refractivity (Wildman–Crippen MR) is 123 cm³/mol. The van der Waals surface area contributed by atoms with Crippen molar-refractivity contribution in [3.8, 4) is 0 Å². The average Bonchev–Trinajstić information content (AvgIpc) is 2.56. The molecule has 0 heterocycles. The molecule has 0 saturated carbocycles. The summed E-state index contributed by atoms with van der Waals surface area (Å²) in [5.74, 6) is 0.503. The van der Waals surface area contributed by atoms with Gasteiger partial charge >= 0.3 is 0 Å². The molecule has 0 bridgehead atoms. The molecule has 0 saturated heterocycles. The van der Waals surface area contributed by atoms with Crippen LogP contribution in [-0.2, 0) is 16.1 Å². The molecule has 0 aliphatic heterocycles. The predicted octanol–water partition coefficient (Wildman–Crippen LogP) is 5.30. The monoisotopic (exact) mass is 403 g/mol. The fraction of sp³-hybridized carbons (Fsp3) is 0.667. The first kappa shape index (κ1) is 25.0. The van der Waals surface area contributed by atoms with Crippen molar-refractivity contribution in [2.75, 3.05) is 24.3 Å². The average molecular weight is 404 g/mol. The van der Waals surface area contributed by atoms with Crippen molar-refractivity contribution in [3.05, 3.63) is 23.8 Å². The van der Waals surface area contributed by atoms with Crippen LogP contribution >= 0.6 is 0 Å². The molecule has 1 atom stereocenters. The quantitative estimate of drug-likeness (QED) is 0.609. The molecular weight excluding hydrogens is 362 g/mol. The zero-order valence-electron chi connectivity index (χ0n) is 19.9. The van der Waals surface area contributed by atoms with Crippen LogP contribution in [0.5, 0.6) is 0 Å². The summed E-state index contributed by atoms with van der Waals surface area (Å²) in [4.78, 5) is 29.3. The topological polar surface area (TPSA) is 52.7 Å². The van der Waals surface area contributed by atoms with Crippen LogP contribution in [0.2, 0.25) is 0 Å². The third-order valence-corrected chi connectivity index (χ3v) is 4.90. The van der Waals surface area contributed by atoms with Crippen molar-refractivity contribution in [2.24, 2.45) is 11.3 Å². The van der Waals surface area contributed by atoms with Gasteiger partial charge in [0.05, 0.1) is 0 Å². The van der Waals surface area contributed by atoms with Crippen LogP contribution < -0.4 is 10.2 Å². The Hall–Kier alpha value is -2.04. The molecule has 5 heteroatoms. The normalized spacial score (nSPS) is 12.6. The van der Waals surface area contributed by atoms with E-state index in [4.69, 9.17) is 0 Å². The number of carbonyl (C=O) groups is 2. The molecule has 29 heavy (non-hydrogen) atoms. The summed E-state index contributed by atoms with van der Waals surface area (Å²) in [6.45, 7) is 15.1. The number of nitrogens with zero attached hydrogens (tertiary/aromatic N) is 2. The third kappa shape index (κ3) is 8.46. The van der Waals surface area contributed by atoms with Gasteiger partial charge in [-0.1, -0.05) is 41.5 Å². The zero-order chi connectivity index (χ0) is 22.4. The van der Waals surface area contributed by atoms with Gasteiger partial charge in [-0.15, -0.1) is 0 Å². The first-order chi connectivity index (χ1) is 13.3. The fourth-order valence-electron chi connectivity index (χ4n) is 3.26. The van der Waals surface area contributed by atoms with E-state index in [1.807, 2.05) is 51.0 Å². The smallest absolute Gasteiger partial charge is 0.224 e. The Bertz CT molecular complexity index is 690. The van der Waals surface area contributed by atoms with Gasteiger partial charge in [0.2, 0.25) is 11.8 Å². The lowest BCUT2D eigenvalue weighted by molar-refractivity contribution is -0.136. The number of hydrogen-bond donors (Lipinski definition) is 1. The highest BCUT2D eigenvalue weighted by Crippen LogP contribution is 2.28. The van der Waals surface area contributed by atoms with Gasteiger partial charge in [-0.2, -0.15) is 0 Å². The van der Waals surface area contributed by atoms with E-state index in [1.165, 1.54) is 0 Å². The van der Waals surface area contributed by atoms with Gasteiger partial charge in [0.25, 0.3) is 0 Å². The second-order valence-corrected chi connectivity index (χ2v) is 9.90. The summed E-state index contributed by atoms with van der Waals surface area (Å²) in [6, 6.07) is 6.11. The SMILES string of the molecule is CCC(C)N(Cc1cc(NC(=O)CC(C)C)ccc1N(C)C)C(=O)CC(C)(C)C. The van der Waals surface area contributed by atoms with Crippen LogP contribution in [0.25, 0.3) is 0 Å². The maximum Gasteiger partial charge on any atom is 0.224 e. The first-order valence-corrected chi connectivity index (χ1v) is 10.7. The second kappa shape index (κ2) is 10.7. The van der Waals surface area contributed by atoms with Gasteiger partial charge in [0, 0.05) is 50.9 Å². The van der Waals surface area contributed by atoms with E-state index in [9.17, 15) is 9.59 Å². The summed E-state index contributed by atoms with van der Waals surface area (Å²) in [7, 11) is 4.00. The fourth-order valence-corrected chi connectivity index (χ4v) is 3.26. The standard InChI is InChI=1S/C24H41N3O2/c1-10-18(4)27(23(29)15-24(5,6)7)16-19-14-20(11-12-21(19)26(8)9)25-22(28)13-17(2)3/h11-12,14,17-18H,10,13,15-16H2,1-9H3,(H,25,28). The van der Waals surface area contributed by atoms with Gasteiger partial charge in [-0.25, -0.2) is 0 Å². The van der Waals surface area contributed by atoms with E-state index in [2.05, 4.69) is 44.8 Å². The molecule has 1 N–H and O–H groups in total. The number of rotatable bonds is 9. The lowest BCUT2D eigenvalue weighted by Crippen LogP contribution is -2.39. The van der Waals surface area contributed by atoms with Crippen molar-refractivity contribution in [3.63, 3.8) is 0 Å². The van der Waals surface area contributed by atoms with Crippen molar-refractivity contribution in [1.29, 1.82) is 0 Å². The molecule has 0 aliphatic carbocycles. The van der Waals surface area contributed by atoms with Gasteiger partial charge in [-0.3, -0.25) is 9.59 Å². The largest absolute Gasteiger partial charge is 0.377 e. The maximum atomic E-state index is 13.1. The molecule has 1 aromatic rings. The number of anilines is 2. The Balaban J connectivity index is 3.19. The molecule has 1 unspecified atom stereocenters. The van der Waals surface area contributed by atoms with Gasteiger partial charge in [-0.05, 0) is 48.4 Å². The molecule has 1 aromatic carbocycles. The Labute approximate surface area is 177 Å². The van der Waals surface area contributed by atoms with E-state index in [0.717, 1.165) is 23.4 Å². The van der Waals surface area contributed by atoms with Gasteiger partial charge in [0.15, 0.2) is 0 Å². The van der Waals surface area contributed by atoms with Crippen LogP contribution in [0.15, 0.2) is 18.2 Å². The summed E-state index contributed by atoms with van der Waals surface area (Å²) >= 11 is 0. The highest BCUT2D eigenvalue weighted by Gasteiger charge is 2.25. The van der Waals surface area contributed by atoms with Crippen LogP contribution in [-0.4, -0.2) is 36.9 Å². The molecule has 5 nitrogen and oxygen atoms in total. The van der Waals surface area contributed by atoms with Crippen LogP contribution in [0.3, 0.4) is 0 Å². The minimum atomic E-state index is -0.0557. The Kier molecular flexibility index (Phi) is 9.18. The third-order valence-electron chi connectivity index (χ3n) is 4.90. The molecule has 2 amide bonds. The minimum Gasteiger partial charge on any atom is -0.377 e. The number of nitrogens with one attached hydrogen (secondary N) is 1. The second-order valence-electron chi connectivity index (χ2n) is 9.90. The number of benzene rings is 1. The summed E-state index contributed by atoms with van der Waals surface area (Å²) in [6.07, 6.45) is 1.91. The highest BCUT2D eigenvalue weighted by atomic mass is 16.2. The van der Waals surface area contributed by atoms with Gasteiger partial charge < -0.3 is 15.1 Å². The summed E-state index contributed by atoms with van der Waals surface area (Å²) in [5, 5.41) is 3.00. The zero-order valence-corrected chi connectivity index (χ0v) is 19.9.